The van der Waals surface area contributed by atoms with E-state index in [0.717, 1.165) is 0 Å². The van der Waals surface area contributed by atoms with Crippen LogP contribution in [0.1, 0.15) is 22.3 Å². The quantitative estimate of drug-likeness (QED) is 0.616. The van der Waals surface area contributed by atoms with Crippen molar-refractivity contribution >= 4 is 30.2 Å². The SMILES string of the molecule is O=C(O)c1ccc(Cl)cc1C#CCCS. The lowest BCUT2D eigenvalue weighted by atomic mass is 10.1. The largest absolute Gasteiger partial charge is 0.478 e. The minimum atomic E-state index is -0.998. The summed E-state index contributed by atoms with van der Waals surface area (Å²) in [7, 11) is 0. The molecule has 0 unspecified atom stereocenters. The van der Waals surface area contributed by atoms with Crippen molar-refractivity contribution in [2.75, 3.05) is 5.75 Å². The third-order valence-corrected chi connectivity index (χ3v) is 2.13. The maximum atomic E-state index is 10.8. The zero-order chi connectivity index (χ0) is 11.3. The molecule has 0 saturated heterocycles. The maximum Gasteiger partial charge on any atom is 0.336 e. The van der Waals surface area contributed by atoms with Gasteiger partial charge in [-0.05, 0) is 18.2 Å². The number of thiol groups is 1. The normalized spacial score (nSPS) is 9.20. The highest BCUT2D eigenvalue weighted by molar-refractivity contribution is 7.80. The van der Waals surface area contributed by atoms with Crippen LogP contribution in [-0.4, -0.2) is 16.8 Å². The van der Waals surface area contributed by atoms with E-state index in [-0.39, 0.29) is 5.56 Å². The summed E-state index contributed by atoms with van der Waals surface area (Å²) in [5.74, 6) is 5.25. The first-order valence-corrected chi connectivity index (χ1v) is 5.28. The molecule has 2 nitrogen and oxygen atoms in total. The van der Waals surface area contributed by atoms with Gasteiger partial charge in [-0.2, -0.15) is 12.6 Å². The third-order valence-electron chi connectivity index (χ3n) is 1.67. The Morgan fingerprint density at radius 2 is 2.27 bits per heavy atom. The molecule has 0 spiro atoms. The van der Waals surface area contributed by atoms with Gasteiger partial charge in [-0.1, -0.05) is 23.4 Å². The van der Waals surface area contributed by atoms with E-state index < -0.39 is 5.97 Å². The van der Waals surface area contributed by atoms with Crippen LogP contribution in [0.5, 0.6) is 0 Å². The molecule has 0 fully saturated rings. The van der Waals surface area contributed by atoms with Crippen LogP contribution in [0, 0.1) is 11.8 Å². The Bertz CT molecular complexity index is 432. The number of hydrogen-bond acceptors (Lipinski definition) is 2. The lowest BCUT2D eigenvalue weighted by Gasteiger charge is -1.99. The van der Waals surface area contributed by atoms with Crippen LogP contribution in [0.3, 0.4) is 0 Å². The molecular weight excluding hydrogens is 232 g/mol. The van der Waals surface area contributed by atoms with Gasteiger partial charge in [0.05, 0.1) is 5.56 Å². The molecule has 1 rings (SSSR count). The summed E-state index contributed by atoms with van der Waals surface area (Å²) in [4.78, 5) is 10.8. The summed E-state index contributed by atoms with van der Waals surface area (Å²) in [6, 6.07) is 4.54. The standard InChI is InChI=1S/C11H9ClO2S/c12-9-4-5-10(11(13)14)8(7-9)3-1-2-6-15/h4-5,7,15H,2,6H2,(H,13,14). The molecule has 0 atom stereocenters. The molecule has 0 radical (unpaired) electrons. The van der Waals surface area contributed by atoms with E-state index >= 15 is 0 Å². The fraction of sp³-hybridized carbons (Fsp3) is 0.182. The second kappa shape index (κ2) is 5.69. The van der Waals surface area contributed by atoms with Crippen LogP contribution in [0.4, 0.5) is 0 Å². The molecule has 1 N–H and O–H groups in total. The molecule has 0 heterocycles. The lowest BCUT2D eigenvalue weighted by Crippen LogP contribution is -1.99. The third kappa shape index (κ3) is 3.50. The van der Waals surface area contributed by atoms with Gasteiger partial charge in [-0.25, -0.2) is 4.79 Å². The number of benzene rings is 1. The number of rotatable bonds is 2. The molecule has 1 aromatic rings. The van der Waals surface area contributed by atoms with E-state index in [4.69, 9.17) is 16.7 Å². The van der Waals surface area contributed by atoms with Crippen molar-refractivity contribution in [3.63, 3.8) is 0 Å². The first-order valence-electron chi connectivity index (χ1n) is 4.27. The number of aromatic carboxylic acids is 1. The number of carbonyl (C=O) groups is 1. The number of halogens is 1. The van der Waals surface area contributed by atoms with Gasteiger partial charge in [-0.3, -0.25) is 0 Å². The Kier molecular flexibility index (Phi) is 4.54. The van der Waals surface area contributed by atoms with Crippen molar-refractivity contribution in [2.24, 2.45) is 0 Å². The molecule has 0 saturated carbocycles. The van der Waals surface area contributed by atoms with Crippen molar-refractivity contribution in [1.82, 2.24) is 0 Å². The van der Waals surface area contributed by atoms with Crippen molar-refractivity contribution in [2.45, 2.75) is 6.42 Å². The first-order chi connectivity index (χ1) is 7.15. The molecule has 15 heavy (non-hydrogen) atoms. The minimum Gasteiger partial charge on any atom is -0.478 e. The van der Waals surface area contributed by atoms with Gasteiger partial charge < -0.3 is 5.11 Å². The highest BCUT2D eigenvalue weighted by Crippen LogP contribution is 2.15. The summed E-state index contributed by atoms with van der Waals surface area (Å²) in [6.07, 6.45) is 0.620. The molecule has 0 amide bonds. The van der Waals surface area contributed by atoms with Crippen LogP contribution in [0.2, 0.25) is 5.02 Å². The molecule has 78 valence electrons. The summed E-state index contributed by atoms with van der Waals surface area (Å²) in [6.45, 7) is 0. The van der Waals surface area contributed by atoms with Crippen LogP contribution >= 0.6 is 24.2 Å². The zero-order valence-corrected chi connectivity index (χ0v) is 9.48. The molecule has 0 aliphatic heterocycles. The van der Waals surface area contributed by atoms with Gasteiger partial charge in [-0.15, -0.1) is 0 Å². The summed E-state index contributed by atoms with van der Waals surface area (Å²) >= 11 is 9.77. The average molecular weight is 241 g/mol. The molecule has 4 heteroatoms. The van der Waals surface area contributed by atoms with Crippen LogP contribution in [-0.2, 0) is 0 Å². The zero-order valence-electron chi connectivity index (χ0n) is 7.83. The lowest BCUT2D eigenvalue weighted by molar-refractivity contribution is 0.0696. The monoisotopic (exact) mass is 240 g/mol. The van der Waals surface area contributed by atoms with Crippen molar-refractivity contribution in [3.05, 3.63) is 34.3 Å². The Hall–Kier alpha value is -1.11. The van der Waals surface area contributed by atoms with E-state index in [1.165, 1.54) is 12.1 Å². The van der Waals surface area contributed by atoms with Crippen LogP contribution < -0.4 is 0 Å². The predicted octanol–water partition coefficient (Wildman–Crippen LogP) is 2.71. The number of carboxylic acid groups (broad SMARTS) is 1. The van der Waals surface area contributed by atoms with E-state index in [9.17, 15) is 4.79 Å². The summed E-state index contributed by atoms with van der Waals surface area (Å²) in [5, 5.41) is 9.37. The van der Waals surface area contributed by atoms with E-state index in [0.29, 0.717) is 22.8 Å². The predicted molar refractivity (Wildman–Crippen MR) is 63.8 cm³/mol. The molecule has 0 aliphatic carbocycles. The smallest absolute Gasteiger partial charge is 0.336 e. The van der Waals surface area contributed by atoms with Crippen molar-refractivity contribution in [3.8, 4) is 11.8 Å². The number of carboxylic acids is 1. The maximum absolute atomic E-state index is 10.8. The summed E-state index contributed by atoms with van der Waals surface area (Å²) in [5.41, 5.74) is 0.614. The van der Waals surface area contributed by atoms with Gasteiger partial charge in [0.25, 0.3) is 0 Å². The second-order valence-electron chi connectivity index (χ2n) is 2.77. The van der Waals surface area contributed by atoms with Gasteiger partial charge in [0, 0.05) is 22.8 Å². The van der Waals surface area contributed by atoms with E-state index in [1.54, 1.807) is 6.07 Å². The fourth-order valence-corrected chi connectivity index (χ4v) is 1.30. The highest BCUT2D eigenvalue weighted by atomic mass is 35.5. The molecule has 0 aromatic heterocycles. The fourth-order valence-electron chi connectivity index (χ4n) is 1.02. The van der Waals surface area contributed by atoms with Gasteiger partial charge in [0.1, 0.15) is 0 Å². The Labute approximate surface area is 98.7 Å². The Morgan fingerprint density at radius 1 is 1.53 bits per heavy atom. The minimum absolute atomic E-state index is 0.172. The molecule has 1 aromatic carbocycles. The Balaban J connectivity index is 3.09. The topological polar surface area (TPSA) is 37.3 Å². The van der Waals surface area contributed by atoms with E-state index in [1.807, 2.05) is 0 Å². The Morgan fingerprint density at radius 3 is 2.87 bits per heavy atom. The number of hydrogen-bond donors (Lipinski definition) is 2. The molecule has 0 bridgehead atoms. The van der Waals surface area contributed by atoms with Gasteiger partial charge >= 0.3 is 5.97 Å². The van der Waals surface area contributed by atoms with E-state index in [2.05, 4.69) is 24.5 Å². The van der Waals surface area contributed by atoms with Gasteiger partial charge in [0.15, 0.2) is 0 Å². The summed E-state index contributed by atoms with van der Waals surface area (Å²) < 4.78 is 0. The van der Waals surface area contributed by atoms with Crippen molar-refractivity contribution in [1.29, 1.82) is 0 Å². The highest BCUT2D eigenvalue weighted by Gasteiger charge is 2.07. The average Bonchev–Trinajstić information content (AvgIpc) is 2.18. The second-order valence-corrected chi connectivity index (χ2v) is 3.65. The molecule has 0 aliphatic rings. The van der Waals surface area contributed by atoms with Crippen molar-refractivity contribution < 1.29 is 9.90 Å². The van der Waals surface area contributed by atoms with Crippen LogP contribution in [0.25, 0.3) is 0 Å². The first kappa shape index (κ1) is 12.0. The van der Waals surface area contributed by atoms with Gasteiger partial charge in [0.2, 0.25) is 0 Å². The van der Waals surface area contributed by atoms with Crippen LogP contribution in [0.15, 0.2) is 18.2 Å². The molecular formula is C11H9ClO2S.